The molecule has 6 nitrogen and oxygen atoms in total. The van der Waals surface area contributed by atoms with Gasteiger partial charge in [0.05, 0.1) is 24.8 Å². The summed E-state index contributed by atoms with van der Waals surface area (Å²) < 4.78 is 10.6. The van der Waals surface area contributed by atoms with E-state index in [-0.39, 0.29) is 24.5 Å². The van der Waals surface area contributed by atoms with Crippen molar-refractivity contribution >= 4 is 29.1 Å². The van der Waals surface area contributed by atoms with Crippen molar-refractivity contribution in [3.05, 3.63) is 70.3 Å². The van der Waals surface area contributed by atoms with Crippen LogP contribution in [0.4, 0.5) is 0 Å². The molecule has 0 saturated carbocycles. The summed E-state index contributed by atoms with van der Waals surface area (Å²) in [5, 5.41) is 11.5. The number of ether oxygens (including phenoxy) is 2. The lowest BCUT2D eigenvalue weighted by atomic mass is 9.95. The molecule has 1 atom stereocenters. The van der Waals surface area contributed by atoms with Gasteiger partial charge in [-0.3, -0.25) is 9.59 Å². The molecule has 3 rings (SSSR count). The third-order valence-corrected chi connectivity index (χ3v) is 4.93. The highest BCUT2D eigenvalue weighted by molar-refractivity contribution is 6.46. The van der Waals surface area contributed by atoms with E-state index in [0.29, 0.717) is 28.5 Å². The Kier molecular flexibility index (Phi) is 6.56. The number of benzene rings is 2. The highest BCUT2D eigenvalue weighted by atomic mass is 35.5. The maximum atomic E-state index is 12.8. The van der Waals surface area contributed by atoms with E-state index >= 15 is 0 Å². The fraction of sp³-hybridized carbons (Fsp3) is 0.273. The van der Waals surface area contributed by atoms with Crippen molar-refractivity contribution in [1.82, 2.24) is 4.90 Å². The first-order valence-electron chi connectivity index (χ1n) is 9.24. The molecule has 1 fully saturated rings. The Morgan fingerprint density at radius 2 is 1.90 bits per heavy atom. The number of hydrogen-bond acceptors (Lipinski definition) is 5. The number of methoxy groups -OCH3 is 1. The minimum absolute atomic E-state index is 0.0297. The molecule has 1 aliphatic rings. The first-order chi connectivity index (χ1) is 14.0. The van der Waals surface area contributed by atoms with Gasteiger partial charge in [-0.15, -0.1) is 0 Å². The number of aliphatic hydroxyl groups is 1. The Morgan fingerprint density at radius 3 is 2.55 bits per heavy atom. The summed E-state index contributed by atoms with van der Waals surface area (Å²) in [4.78, 5) is 27.0. The van der Waals surface area contributed by atoms with Crippen LogP contribution in [0.5, 0.6) is 5.75 Å². The molecule has 1 saturated heterocycles. The lowest BCUT2D eigenvalue weighted by Crippen LogP contribution is -2.32. The monoisotopic (exact) mass is 415 g/mol. The summed E-state index contributed by atoms with van der Waals surface area (Å²) in [6.45, 7) is 2.80. The maximum Gasteiger partial charge on any atom is 0.295 e. The van der Waals surface area contributed by atoms with E-state index in [1.807, 2.05) is 6.92 Å². The number of carbonyl (C=O) groups is 2. The number of ketones is 1. The van der Waals surface area contributed by atoms with E-state index in [2.05, 4.69) is 0 Å². The largest absolute Gasteiger partial charge is 0.507 e. The van der Waals surface area contributed by atoms with Crippen molar-refractivity contribution < 1.29 is 24.2 Å². The molecule has 1 unspecified atom stereocenters. The van der Waals surface area contributed by atoms with Crippen LogP contribution in [0.1, 0.15) is 24.1 Å². The van der Waals surface area contributed by atoms with Gasteiger partial charge in [-0.05, 0) is 36.8 Å². The van der Waals surface area contributed by atoms with Gasteiger partial charge in [-0.25, -0.2) is 0 Å². The molecule has 152 valence electrons. The van der Waals surface area contributed by atoms with Gasteiger partial charge in [-0.2, -0.15) is 0 Å². The highest BCUT2D eigenvalue weighted by Gasteiger charge is 2.45. The van der Waals surface area contributed by atoms with Crippen LogP contribution in [0.25, 0.3) is 5.76 Å². The van der Waals surface area contributed by atoms with Crippen LogP contribution in [-0.2, 0) is 14.3 Å². The molecule has 2 aromatic rings. The SMILES string of the molecule is CCOc1cccc(/C(O)=C2/C(=O)C(=O)N(CCOC)C2c2ccc(Cl)cc2)c1. The average molecular weight is 416 g/mol. The van der Waals surface area contributed by atoms with Crippen molar-refractivity contribution in [3.63, 3.8) is 0 Å². The van der Waals surface area contributed by atoms with Gasteiger partial charge in [0.2, 0.25) is 0 Å². The topological polar surface area (TPSA) is 76.1 Å². The van der Waals surface area contributed by atoms with E-state index < -0.39 is 17.7 Å². The molecule has 2 aromatic carbocycles. The van der Waals surface area contributed by atoms with Crippen LogP contribution in [0.3, 0.4) is 0 Å². The fourth-order valence-electron chi connectivity index (χ4n) is 3.35. The van der Waals surface area contributed by atoms with Crippen molar-refractivity contribution in [2.24, 2.45) is 0 Å². The molecule has 1 N–H and O–H groups in total. The van der Waals surface area contributed by atoms with Crippen LogP contribution in [0.2, 0.25) is 5.02 Å². The van der Waals surface area contributed by atoms with Gasteiger partial charge in [0.25, 0.3) is 11.7 Å². The third-order valence-electron chi connectivity index (χ3n) is 4.68. The van der Waals surface area contributed by atoms with Gasteiger partial charge in [0.1, 0.15) is 11.5 Å². The summed E-state index contributed by atoms with van der Waals surface area (Å²) in [5.41, 5.74) is 1.11. The van der Waals surface area contributed by atoms with Crippen LogP contribution in [0.15, 0.2) is 54.1 Å². The molecular weight excluding hydrogens is 394 g/mol. The summed E-state index contributed by atoms with van der Waals surface area (Å²) in [6, 6.07) is 12.9. The smallest absolute Gasteiger partial charge is 0.295 e. The van der Waals surface area contributed by atoms with Crippen molar-refractivity contribution in [1.29, 1.82) is 0 Å². The predicted molar refractivity (Wildman–Crippen MR) is 110 cm³/mol. The predicted octanol–water partition coefficient (Wildman–Crippen LogP) is 3.81. The minimum atomic E-state index is -0.738. The average Bonchev–Trinajstić information content (AvgIpc) is 2.97. The summed E-state index contributed by atoms with van der Waals surface area (Å²) >= 11 is 5.99. The second-order valence-corrected chi connectivity index (χ2v) is 6.93. The number of nitrogens with zero attached hydrogens (tertiary/aromatic N) is 1. The number of aliphatic hydroxyl groups excluding tert-OH is 1. The number of rotatable bonds is 7. The molecule has 0 spiro atoms. The van der Waals surface area contributed by atoms with Crippen LogP contribution < -0.4 is 4.74 Å². The zero-order valence-corrected chi connectivity index (χ0v) is 17.0. The minimum Gasteiger partial charge on any atom is -0.507 e. The van der Waals surface area contributed by atoms with E-state index in [9.17, 15) is 14.7 Å². The zero-order chi connectivity index (χ0) is 21.0. The summed E-state index contributed by atoms with van der Waals surface area (Å²) in [5.74, 6) is -1.09. The standard InChI is InChI=1S/C22H22ClNO5/c1-3-29-17-6-4-5-15(13-17)20(25)18-19(14-7-9-16(23)10-8-14)24(11-12-28-2)22(27)21(18)26/h4-10,13,19,25H,3,11-12H2,1-2H3/b20-18-. The lowest BCUT2D eigenvalue weighted by Gasteiger charge is -2.25. The molecule has 1 aliphatic heterocycles. The summed E-state index contributed by atoms with van der Waals surface area (Å²) in [6.07, 6.45) is 0. The molecular formula is C22H22ClNO5. The van der Waals surface area contributed by atoms with Crippen molar-refractivity contribution in [3.8, 4) is 5.75 Å². The van der Waals surface area contributed by atoms with Crippen molar-refractivity contribution in [2.75, 3.05) is 26.9 Å². The van der Waals surface area contributed by atoms with E-state index in [1.54, 1.807) is 48.5 Å². The molecule has 1 amide bonds. The maximum absolute atomic E-state index is 12.8. The van der Waals surface area contributed by atoms with Gasteiger partial charge < -0.3 is 19.5 Å². The van der Waals surface area contributed by atoms with E-state index in [0.717, 1.165) is 0 Å². The van der Waals surface area contributed by atoms with Gasteiger partial charge in [-0.1, -0.05) is 35.9 Å². The first kappa shape index (κ1) is 20.9. The van der Waals surface area contributed by atoms with Crippen LogP contribution in [-0.4, -0.2) is 48.6 Å². The lowest BCUT2D eigenvalue weighted by molar-refractivity contribution is -0.140. The Balaban J connectivity index is 2.13. The second-order valence-electron chi connectivity index (χ2n) is 6.50. The van der Waals surface area contributed by atoms with Crippen LogP contribution >= 0.6 is 11.6 Å². The number of carbonyl (C=O) groups excluding carboxylic acids is 2. The normalized spacial score (nSPS) is 18.3. The molecule has 0 aromatic heterocycles. The Bertz CT molecular complexity index is 938. The molecule has 0 radical (unpaired) electrons. The number of likely N-dealkylation sites (tertiary alicyclic amines) is 1. The highest BCUT2D eigenvalue weighted by Crippen LogP contribution is 2.39. The fourth-order valence-corrected chi connectivity index (χ4v) is 3.47. The Hall–Kier alpha value is -2.83. The Labute approximate surface area is 174 Å². The number of halogens is 1. The zero-order valence-electron chi connectivity index (χ0n) is 16.2. The molecule has 0 bridgehead atoms. The Morgan fingerprint density at radius 1 is 1.17 bits per heavy atom. The third kappa shape index (κ3) is 4.28. The van der Waals surface area contributed by atoms with Crippen LogP contribution in [0, 0.1) is 0 Å². The van der Waals surface area contributed by atoms with Gasteiger partial charge in [0.15, 0.2) is 0 Å². The van der Waals surface area contributed by atoms with Gasteiger partial charge >= 0.3 is 0 Å². The number of Topliss-reactive ketones (excluding diaryl/α,β-unsaturated/α-hetero) is 1. The second kappa shape index (κ2) is 9.11. The van der Waals surface area contributed by atoms with E-state index in [4.69, 9.17) is 21.1 Å². The first-order valence-corrected chi connectivity index (χ1v) is 9.61. The quantitative estimate of drug-likeness (QED) is 0.423. The van der Waals surface area contributed by atoms with Crippen molar-refractivity contribution in [2.45, 2.75) is 13.0 Å². The molecule has 0 aliphatic carbocycles. The number of hydrogen-bond donors (Lipinski definition) is 1. The van der Waals surface area contributed by atoms with E-state index in [1.165, 1.54) is 12.0 Å². The number of amides is 1. The molecule has 7 heteroatoms. The molecule has 29 heavy (non-hydrogen) atoms. The summed E-state index contributed by atoms with van der Waals surface area (Å²) in [7, 11) is 1.52. The molecule has 1 heterocycles. The van der Waals surface area contributed by atoms with Gasteiger partial charge in [0, 0.05) is 24.2 Å².